The average Bonchev–Trinajstić information content (AvgIpc) is 3.95. The first-order valence-corrected chi connectivity index (χ1v) is 24.8. The van der Waals surface area contributed by atoms with Crippen LogP contribution in [0, 0.1) is 59.2 Å². The molecule has 4 amide bonds. The van der Waals surface area contributed by atoms with Gasteiger partial charge in [0.05, 0.1) is 13.1 Å². The third-order valence-corrected chi connectivity index (χ3v) is 17.0. The van der Waals surface area contributed by atoms with Crippen molar-refractivity contribution >= 4 is 43.6 Å². The highest BCUT2D eigenvalue weighted by Crippen LogP contribution is 2.31. The Labute approximate surface area is 378 Å². The van der Waals surface area contributed by atoms with Gasteiger partial charge in [-0.05, 0) is 75.3 Å². The third kappa shape index (κ3) is 10.7. The predicted molar refractivity (Wildman–Crippen MR) is 235 cm³/mol. The molecule has 4 aliphatic heterocycles. The van der Waals surface area contributed by atoms with Gasteiger partial charge < -0.3 is 9.80 Å². The Kier molecular flexibility index (Phi) is 14.9. The summed E-state index contributed by atoms with van der Waals surface area (Å²) in [5.41, 5.74) is 5.57. The van der Waals surface area contributed by atoms with E-state index in [-0.39, 0.29) is 63.7 Å². The van der Waals surface area contributed by atoms with Crippen LogP contribution in [0.15, 0.2) is 24.5 Å². The average molecular weight is 937 g/mol. The van der Waals surface area contributed by atoms with Gasteiger partial charge in [0.2, 0.25) is 0 Å². The second kappa shape index (κ2) is 19.8. The fraction of sp³-hybridized carbons (Fsp3) is 0.545. The first kappa shape index (κ1) is 48.8. The van der Waals surface area contributed by atoms with Crippen LogP contribution >= 0.6 is 0 Å². The van der Waals surface area contributed by atoms with E-state index in [0.717, 1.165) is 50.4 Å². The Morgan fingerprint density at radius 1 is 0.723 bits per heavy atom. The van der Waals surface area contributed by atoms with E-state index in [1.807, 2.05) is 11.0 Å². The van der Waals surface area contributed by atoms with Crippen LogP contribution in [-0.2, 0) is 42.4 Å². The Bertz CT molecular complexity index is 2690. The van der Waals surface area contributed by atoms with Crippen LogP contribution in [-0.4, -0.2) is 160 Å². The van der Waals surface area contributed by atoms with Gasteiger partial charge in [-0.3, -0.25) is 38.9 Å². The number of aromatic nitrogens is 2. The quantitative estimate of drug-likeness (QED) is 0.126. The van der Waals surface area contributed by atoms with Crippen molar-refractivity contribution in [3.8, 4) is 47.4 Å². The summed E-state index contributed by atoms with van der Waals surface area (Å²) < 4.78 is 59.7. The number of hydroxylamine groups is 2. The molecule has 21 heteroatoms. The SMILES string of the molecule is CC(CCN1Cc2cc(C#CC#CC3CN(C4CCC4)C3)cn2C1=O)(C(=O)NO)S(C)(=O)=O.C[C@@](CCN1Cc2cc(C#CC#CC3CN(CCF)C3)cn2C1=O)(C(=O)NO)S(C)(=O)=O. The molecular weight excluding hydrogens is 884 g/mol. The number of halogens is 1. The van der Waals surface area contributed by atoms with Gasteiger partial charge in [-0.1, -0.05) is 30.1 Å². The van der Waals surface area contributed by atoms with Crippen LogP contribution in [0.4, 0.5) is 14.0 Å². The smallest absolute Gasteiger partial charge is 0.318 e. The number of sulfone groups is 2. The molecule has 0 aromatic carbocycles. The summed E-state index contributed by atoms with van der Waals surface area (Å²) in [6.07, 6.45) is 8.73. The van der Waals surface area contributed by atoms with Crippen LogP contribution in [0.2, 0.25) is 0 Å². The highest BCUT2D eigenvalue weighted by Gasteiger charge is 2.46. The molecule has 0 bridgehead atoms. The van der Waals surface area contributed by atoms with Crippen molar-refractivity contribution in [2.24, 2.45) is 11.8 Å². The molecule has 348 valence electrons. The molecule has 3 fully saturated rings. The summed E-state index contributed by atoms with van der Waals surface area (Å²) in [6, 6.07) is 3.68. The molecule has 7 rings (SSSR count). The summed E-state index contributed by atoms with van der Waals surface area (Å²) >= 11 is 0. The molecule has 2 aromatic rings. The van der Waals surface area contributed by atoms with Gasteiger partial charge in [0.1, 0.15) is 6.67 Å². The number of rotatable bonds is 13. The van der Waals surface area contributed by atoms with Gasteiger partial charge >= 0.3 is 12.1 Å². The van der Waals surface area contributed by atoms with Crippen LogP contribution in [0.25, 0.3) is 0 Å². The van der Waals surface area contributed by atoms with Gasteiger partial charge in [0, 0.05) is 111 Å². The molecule has 1 saturated carbocycles. The van der Waals surface area contributed by atoms with E-state index >= 15 is 0 Å². The lowest BCUT2D eigenvalue weighted by atomic mass is 9.86. The van der Waals surface area contributed by atoms with E-state index in [1.165, 1.54) is 63.0 Å². The first-order valence-electron chi connectivity index (χ1n) is 21.1. The van der Waals surface area contributed by atoms with E-state index in [4.69, 9.17) is 10.4 Å². The summed E-state index contributed by atoms with van der Waals surface area (Å²) in [5.74, 6) is 22.0. The van der Waals surface area contributed by atoms with E-state index in [0.29, 0.717) is 29.3 Å². The van der Waals surface area contributed by atoms with Gasteiger partial charge in [-0.25, -0.2) is 41.8 Å². The summed E-state index contributed by atoms with van der Waals surface area (Å²) in [6.45, 7) is 6.69. The van der Waals surface area contributed by atoms with Crippen molar-refractivity contribution in [2.45, 2.75) is 74.6 Å². The van der Waals surface area contributed by atoms with E-state index in [1.54, 1.807) is 18.5 Å². The highest BCUT2D eigenvalue weighted by molar-refractivity contribution is 7.93. The topological polar surface area (TPSA) is 224 Å². The number of hydrogen-bond donors (Lipinski definition) is 4. The number of likely N-dealkylation sites (tertiary alicyclic amines) is 2. The lowest BCUT2D eigenvalue weighted by Crippen LogP contribution is -2.53. The Morgan fingerprint density at radius 3 is 1.51 bits per heavy atom. The van der Waals surface area contributed by atoms with Gasteiger partial charge in [0.15, 0.2) is 29.2 Å². The number of carbonyl (C=O) groups is 4. The highest BCUT2D eigenvalue weighted by atomic mass is 32.2. The zero-order chi connectivity index (χ0) is 47.3. The zero-order valence-corrected chi connectivity index (χ0v) is 38.3. The van der Waals surface area contributed by atoms with Crippen molar-refractivity contribution in [1.82, 2.24) is 39.7 Å². The second-order valence-corrected chi connectivity index (χ2v) is 22.3. The van der Waals surface area contributed by atoms with Crippen molar-refractivity contribution in [2.75, 3.05) is 65.0 Å². The number of nitrogens with one attached hydrogen (secondary N) is 2. The standard InChI is InChI=1S/C23H28N4O5S.C21H25FN4O5S/c1-23(21(28)24-30,33(2,31)32)10-11-25-16-20-12-17(15-27(20)22(25)29)6-3-4-7-18-13-26(14-18)19-8-5-9-19;1-21(19(27)23-29,32(2,30)31)7-9-25-15-18-11-16(14-26(18)20(25)28)5-3-4-6-17-12-24(13-17)10-8-22/h12,15,18-19,30H,5,8-11,13-14,16H2,1-2H3,(H,24,28);11,14,17,29H,7-10,12-13,15H2,1-2H3,(H,23,27)/t;21-/m.1/s1. The maximum absolute atomic E-state index is 12.7. The Morgan fingerprint density at radius 2 is 1.15 bits per heavy atom. The largest absolute Gasteiger partial charge is 0.328 e. The molecule has 4 N–H and O–H groups in total. The third-order valence-electron chi connectivity index (χ3n) is 12.9. The van der Waals surface area contributed by atoms with Crippen LogP contribution < -0.4 is 11.0 Å². The van der Waals surface area contributed by atoms with Crippen molar-refractivity contribution < 1.29 is 50.8 Å². The molecule has 2 aromatic heterocycles. The molecule has 65 heavy (non-hydrogen) atoms. The molecule has 1 unspecified atom stereocenters. The molecule has 2 saturated heterocycles. The second-order valence-electron chi connectivity index (χ2n) is 17.4. The van der Waals surface area contributed by atoms with Crippen LogP contribution in [0.3, 0.4) is 0 Å². The maximum atomic E-state index is 12.7. The molecule has 2 atom stereocenters. The maximum Gasteiger partial charge on any atom is 0.328 e. The van der Waals surface area contributed by atoms with Gasteiger partial charge in [-0.15, -0.1) is 0 Å². The molecule has 6 heterocycles. The first-order chi connectivity index (χ1) is 30.7. The minimum atomic E-state index is -3.84. The zero-order valence-electron chi connectivity index (χ0n) is 36.7. The number of hydrogen-bond acceptors (Lipinski definition) is 12. The van der Waals surface area contributed by atoms with Crippen LogP contribution in [0.5, 0.6) is 0 Å². The monoisotopic (exact) mass is 936 g/mol. The van der Waals surface area contributed by atoms with Crippen molar-refractivity contribution in [3.63, 3.8) is 0 Å². The summed E-state index contributed by atoms with van der Waals surface area (Å²) in [7, 11) is -7.66. The minimum absolute atomic E-state index is 0.0187. The van der Waals surface area contributed by atoms with Crippen molar-refractivity contribution in [3.05, 3.63) is 47.0 Å². The summed E-state index contributed by atoms with van der Waals surface area (Å²) in [4.78, 5) is 56.6. The molecule has 1 aliphatic carbocycles. The van der Waals surface area contributed by atoms with Gasteiger partial charge in [-0.2, -0.15) is 0 Å². The van der Waals surface area contributed by atoms with Gasteiger partial charge in [0.25, 0.3) is 11.8 Å². The molecular formula is C44H53FN8O10S2. The lowest BCUT2D eigenvalue weighted by molar-refractivity contribution is -0.132. The lowest BCUT2D eigenvalue weighted by Gasteiger charge is -2.46. The van der Waals surface area contributed by atoms with E-state index < -0.39 is 41.0 Å². The fourth-order valence-corrected chi connectivity index (χ4v) is 9.59. The molecule has 0 radical (unpaired) electrons. The number of nitrogens with zero attached hydrogens (tertiary/aromatic N) is 6. The summed E-state index contributed by atoms with van der Waals surface area (Å²) in [5, 5.41) is 17.8. The predicted octanol–water partition coefficient (Wildman–Crippen LogP) is 1.04. The number of alkyl halides is 1. The number of carbonyl (C=O) groups excluding carboxylic acids is 4. The molecule has 5 aliphatic rings. The van der Waals surface area contributed by atoms with E-state index in [9.17, 15) is 40.4 Å². The minimum Gasteiger partial charge on any atom is -0.318 e. The van der Waals surface area contributed by atoms with E-state index in [2.05, 4.69) is 52.3 Å². The number of amides is 4. The molecule has 0 spiro atoms. The normalized spacial score (nSPS) is 19.2. The Hall–Kier alpha value is -5.65. The molecule has 18 nitrogen and oxygen atoms in total. The Balaban J connectivity index is 0.000000216. The number of fused-ring (bicyclic) bond motifs is 2. The fourth-order valence-electron chi connectivity index (χ4n) is 7.90. The van der Waals surface area contributed by atoms with Crippen molar-refractivity contribution in [1.29, 1.82) is 0 Å². The van der Waals surface area contributed by atoms with Crippen LogP contribution in [0.1, 0.15) is 68.5 Å².